The Kier molecular flexibility index (Phi) is 3.45. The number of hydrogen-bond donors (Lipinski definition) is 1. The van der Waals surface area contributed by atoms with Crippen LogP contribution >= 0.6 is 0 Å². The molecule has 1 saturated heterocycles. The topological polar surface area (TPSA) is 30.5 Å². The lowest BCUT2D eigenvalue weighted by Gasteiger charge is -2.24. The average molecular weight is 207 g/mol. The number of benzene rings is 1. The second-order valence-corrected chi connectivity index (χ2v) is 3.77. The summed E-state index contributed by atoms with van der Waals surface area (Å²) in [6, 6.07) is 7.77. The third-order valence-corrected chi connectivity index (χ3v) is 2.60. The van der Waals surface area contributed by atoms with Crippen LogP contribution in [0.15, 0.2) is 24.3 Å². The van der Waals surface area contributed by atoms with E-state index in [0.29, 0.717) is 6.10 Å². The van der Waals surface area contributed by atoms with Gasteiger partial charge in [0, 0.05) is 12.6 Å². The van der Waals surface area contributed by atoms with Crippen molar-refractivity contribution in [2.75, 3.05) is 20.2 Å². The molecule has 0 radical (unpaired) electrons. The smallest absolute Gasteiger partial charge is 0.123 e. The standard InChI is InChI=1S/C12H17NO2/c1-14-10-4-2-5-11(8-10)15-12-6-3-7-13-9-12/h2,4-5,8,12-13H,3,6-7,9H2,1H3/t12-/m0/s1. The molecule has 0 bridgehead atoms. The molecule has 0 amide bonds. The van der Waals surface area contributed by atoms with Crippen LogP contribution in [0.3, 0.4) is 0 Å². The SMILES string of the molecule is COc1cccc(O[C@H]2CCCNC2)c1. The van der Waals surface area contributed by atoms with Gasteiger partial charge >= 0.3 is 0 Å². The van der Waals surface area contributed by atoms with E-state index in [2.05, 4.69) is 5.32 Å². The van der Waals surface area contributed by atoms with Crippen molar-refractivity contribution in [1.29, 1.82) is 0 Å². The first-order valence-electron chi connectivity index (χ1n) is 5.40. The Balaban J connectivity index is 1.96. The fourth-order valence-corrected chi connectivity index (χ4v) is 1.79. The highest BCUT2D eigenvalue weighted by Crippen LogP contribution is 2.21. The van der Waals surface area contributed by atoms with Gasteiger partial charge in [-0.1, -0.05) is 6.07 Å². The van der Waals surface area contributed by atoms with Crippen LogP contribution in [0, 0.1) is 0 Å². The summed E-state index contributed by atoms with van der Waals surface area (Å²) in [5, 5.41) is 3.33. The first-order valence-corrected chi connectivity index (χ1v) is 5.40. The molecule has 0 aliphatic carbocycles. The van der Waals surface area contributed by atoms with Crippen LogP contribution in [0.1, 0.15) is 12.8 Å². The quantitative estimate of drug-likeness (QED) is 0.820. The van der Waals surface area contributed by atoms with Crippen LogP contribution in [-0.2, 0) is 0 Å². The summed E-state index contributed by atoms with van der Waals surface area (Å²) in [7, 11) is 1.67. The zero-order chi connectivity index (χ0) is 10.5. The minimum atomic E-state index is 0.297. The van der Waals surface area contributed by atoms with Gasteiger partial charge in [0.2, 0.25) is 0 Å². The predicted molar refractivity (Wildman–Crippen MR) is 59.5 cm³/mol. The molecule has 1 aromatic rings. The molecule has 1 atom stereocenters. The molecular weight excluding hydrogens is 190 g/mol. The third kappa shape index (κ3) is 2.86. The van der Waals surface area contributed by atoms with Gasteiger partial charge < -0.3 is 14.8 Å². The first-order chi connectivity index (χ1) is 7.38. The number of nitrogens with one attached hydrogen (secondary N) is 1. The van der Waals surface area contributed by atoms with Gasteiger partial charge in [0.25, 0.3) is 0 Å². The molecule has 0 aromatic heterocycles. The Hall–Kier alpha value is -1.22. The van der Waals surface area contributed by atoms with Gasteiger partial charge in [-0.2, -0.15) is 0 Å². The van der Waals surface area contributed by atoms with Crippen molar-refractivity contribution in [3.8, 4) is 11.5 Å². The Labute approximate surface area is 90.4 Å². The van der Waals surface area contributed by atoms with E-state index < -0.39 is 0 Å². The Morgan fingerprint density at radius 3 is 2.93 bits per heavy atom. The second-order valence-electron chi connectivity index (χ2n) is 3.77. The highest BCUT2D eigenvalue weighted by atomic mass is 16.5. The summed E-state index contributed by atoms with van der Waals surface area (Å²) < 4.78 is 11.0. The predicted octanol–water partition coefficient (Wildman–Crippen LogP) is 1.83. The van der Waals surface area contributed by atoms with Crippen LogP contribution in [-0.4, -0.2) is 26.3 Å². The normalized spacial score (nSPS) is 21.0. The maximum Gasteiger partial charge on any atom is 0.123 e. The number of methoxy groups -OCH3 is 1. The lowest BCUT2D eigenvalue weighted by atomic mass is 10.1. The lowest BCUT2D eigenvalue weighted by Crippen LogP contribution is -2.37. The zero-order valence-corrected chi connectivity index (χ0v) is 9.03. The van der Waals surface area contributed by atoms with Crippen LogP contribution in [0.5, 0.6) is 11.5 Å². The van der Waals surface area contributed by atoms with Crippen molar-refractivity contribution in [2.24, 2.45) is 0 Å². The molecule has 82 valence electrons. The molecule has 2 rings (SSSR count). The van der Waals surface area contributed by atoms with Crippen molar-refractivity contribution in [3.63, 3.8) is 0 Å². The van der Waals surface area contributed by atoms with Gasteiger partial charge in [0.05, 0.1) is 7.11 Å². The third-order valence-electron chi connectivity index (χ3n) is 2.60. The van der Waals surface area contributed by atoms with Crippen LogP contribution in [0.25, 0.3) is 0 Å². The number of piperidine rings is 1. The van der Waals surface area contributed by atoms with E-state index in [9.17, 15) is 0 Å². The van der Waals surface area contributed by atoms with Gasteiger partial charge in [0.15, 0.2) is 0 Å². The molecule has 0 saturated carbocycles. The average Bonchev–Trinajstić information content (AvgIpc) is 2.31. The summed E-state index contributed by atoms with van der Waals surface area (Å²) in [4.78, 5) is 0. The molecule has 3 heteroatoms. The minimum absolute atomic E-state index is 0.297. The lowest BCUT2D eigenvalue weighted by molar-refractivity contribution is 0.166. The van der Waals surface area contributed by atoms with Gasteiger partial charge in [-0.25, -0.2) is 0 Å². The van der Waals surface area contributed by atoms with E-state index in [0.717, 1.165) is 31.0 Å². The summed E-state index contributed by atoms with van der Waals surface area (Å²) in [6.07, 6.45) is 2.62. The van der Waals surface area contributed by atoms with Gasteiger partial charge in [-0.3, -0.25) is 0 Å². The van der Waals surface area contributed by atoms with Crippen molar-refractivity contribution in [1.82, 2.24) is 5.32 Å². The van der Waals surface area contributed by atoms with Gasteiger partial charge in [-0.05, 0) is 31.5 Å². The van der Waals surface area contributed by atoms with E-state index in [1.54, 1.807) is 7.11 Å². The molecule has 15 heavy (non-hydrogen) atoms. The number of rotatable bonds is 3. The molecule has 1 fully saturated rings. The van der Waals surface area contributed by atoms with Crippen molar-refractivity contribution in [2.45, 2.75) is 18.9 Å². The van der Waals surface area contributed by atoms with E-state index in [1.807, 2.05) is 24.3 Å². The van der Waals surface area contributed by atoms with Crippen molar-refractivity contribution in [3.05, 3.63) is 24.3 Å². The summed E-state index contributed by atoms with van der Waals surface area (Å²) in [5.41, 5.74) is 0. The van der Waals surface area contributed by atoms with Gasteiger partial charge in [-0.15, -0.1) is 0 Å². The molecule has 0 unspecified atom stereocenters. The molecule has 1 aromatic carbocycles. The number of hydrogen-bond acceptors (Lipinski definition) is 3. The van der Waals surface area contributed by atoms with Crippen LogP contribution in [0.4, 0.5) is 0 Å². The van der Waals surface area contributed by atoms with Crippen molar-refractivity contribution < 1.29 is 9.47 Å². The first kappa shape index (κ1) is 10.3. The molecular formula is C12H17NO2. The molecule has 1 aliphatic heterocycles. The van der Waals surface area contributed by atoms with Gasteiger partial charge in [0.1, 0.15) is 17.6 Å². The van der Waals surface area contributed by atoms with E-state index in [4.69, 9.17) is 9.47 Å². The van der Waals surface area contributed by atoms with E-state index >= 15 is 0 Å². The summed E-state index contributed by atoms with van der Waals surface area (Å²) in [5.74, 6) is 1.74. The highest BCUT2D eigenvalue weighted by molar-refractivity contribution is 5.32. The monoisotopic (exact) mass is 207 g/mol. The van der Waals surface area contributed by atoms with Crippen LogP contribution < -0.4 is 14.8 Å². The fraction of sp³-hybridized carbons (Fsp3) is 0.500. The Morgan fingerprint density at radius 2 is 2.20 bits per heavy atom. The highest BCUT2D eigenvalue weighted by Gasteiger charge is 2.14. The number of ether oxygens (including phenoxy) is 2. The second kappa shape index (κ2) is 5.03. The molecule has 1 aliphatic rings. The Morgan fingerprint density at radius 1 is 1.33 bits per heavy atom. The fourth-order valence-electron chi connectivity index (χ4n) is 1.79. The van der Waals surface area contributed by atoms with Crippen molar-refractivity contribution >= 4 is 0 Å². The maximum atomic E-state index is 5.86. The molecule has 0 spiro atoms. The molecule has 1 N–H and O–H groups in total. The largest absolute Gasteiger partial charge is 0.497 e. The summed E-state index contributed by atoms with van der Waals surface area (Å²) in [6.45, 7) is 2.05. The van der Waals surface area contributed by atoms with E-state index in [-0.39, 0.29) is 0 Å². The zero-order valence-electron chi connectivity index (χ0n) is 9.03. The minimum Gasteiger partial charge on any atom is -0.497 e. The van der Waals surface area contributed by atoms with E-state index in [1.165, 1.54) is 6.42 Å². The molecule has 1 heterocycles. The summed E-state index contributed by atoms with van der Waals surface area (Å²) >= 11 is 0. The maximum absolute atomic E-state index is 5.86. The molecule has 3 nitrogen and oxygen atoms in total. The van der Waals surface area contributed by atoms with Crippen LogP contribution in [0.2, 0.25) is 0 Å². The Bertz CT molecular complexity index is 308.